The van der Waals surface area contributed by atoms with Crippen molar-refractivity contribution in [2.24, 2.45) is 17.6 Å². The number of amides is 1. The van der Waals surface area contributed by atoms with E-state index < -0.39 is 0 Å². The number of carbonyl (C=O) groups is 1. The number of aryl methyl sites for hydroxylation is 1. The van der Waals surface area contributed by atoms with Crippen LogP contribution >= 0.6 is 0 Å². The lowest BCUT2D eigenvalue weighted by Gasteiger charge is -2.24. The lowest BCUT2D eigenvalue weighted by molar-refractivity contribution is -0.122. The Morgan fingerprint density at radius 2 is 1.90 bits per heavy atom. The van der Waals surface area contributed by atoms with E-state index in [-0.39, 0.29) is 18.0 Å². The van der Waals surface area contributed by atoms with E-state index in [2.05, 4.69) is 50.4 Å². The Hall–Kier alpha value is -1.35. The summed E-state index contributed by atoms with van der Waals surface area (Å²) >= 11 is 0. The molecule has 3 N–H and O–H groups in total. The molecule has 21 heavy (non-hydrogen) atoms. The molecular weight excluding hydrogens is 260 g/mol. The van der Waals surface area contributed by atoms with Crippen LogP contribution in [0.4, 0.5) is 0 Å². The van der Waals surface area contributed by atoms with E-state index in [9.17, 15) is 4.79 Å². The summed E-state index contributed by atoms with van der Waals surface area (Å²) in [5.74, 6) is 1.00. The third-order valence-electron chi connectivity index (χ3n) is 4.38. The summed E-state index contributed by atoms with van der Waals surface area (Å²) in [6.45, 7) is 6.43. The van der Waals surface area contributed by atoms with Crippen molar-refractivity contribution in [3.8, 4) is 0 Å². The molecule has 1 aromatic carbocycles. The molecule has 1 saturated carbocycles. The van der Waals surface area contributed by atoms with Gasteiger partial charge in [-0.1, -0.05) is 45.0 Å². The first-order valence-electron chi connectivity index (χ1n) is 8.15. The molecule has 0 radical (unpaired) electrons. The van der Waals surface area contributed by atoms with Gasteiger partial charge >= 0.3 is 0 Å². The van der Waals surface area contributed by atoms with Gasteiger partial charge in [-0.15, -0.1) is 0 Å². The van der Waals surface area contributed by atoms with E-state index in [1.807, 2.05) is 0 Å². The molecule has 0 bridgehead atoms. The number of hydrogen-bond acceptors (Lipinski definition) is 2. The van der Waals surface area contributed by atoms with Crippen molar-refractivity contribution in [2.75, 3.05) is 0 Å². The van der Waals surface area contributed by atoms with Gasteiger partial charge in [0, 0.05) is 12.5 Å². The fourth-order valence-electron chi connectivity index (χ4n) is 2.73. The van der Waals surface area contributed by atoms with Gasteiger partial charge in [0.2, 0.25) is 5.91 Å². The van der Waals surface area contributed by atoms with Crippen LogP contribution in [-0.4, -0.2) is 11.9 Å². The van der Waals surface area contributed by atoms with E-state index in [1.54, 1.807) is 0 Å². The molecule has 2 atom stereocenters. The summed E-state index contributed by atoms with van der Waals surface area (Å²) in [6.07, 6.45) is 3.84. The number of rotatable bonds is 7. The van der Waals surface area contributed by atoms with Crippen molar-refractivity contribution in [3.05, 3.63) is 35.4 Å². The number of nitrogens with two attached hydrogens (primary N) is 1. The zero-order valence-corrected chi connectivity index (χ0v) is 13.4. The molecule has 3 heteroatoms. The van der Waals surface area contributed by atoms with E-state index in [0.717, 1.165) is 6.42 Å². The highest BCUT2D eigenvalue weighted by Crippen LogP contribution is 2.33. The molecule has 0 aliphatic heterocycles. The lowest BCUT2D eigenvalue weighted by atomic mass is 9.94. The molecule has 2 unspecified atom stereocenters. The molecule has 1 aromatic rings. The molecular formula is C18H28N2O. The van der Waals surface area contributed by atoms with Gasteiger partial charge < -0.3 is 11.1 Å². The van der Waals surface area contributed by atoms with E-state index in [1.165, 1.54) is 24.0 Å². The van der Waals surface area contributed by atoms with Crippen molar-refractivity contribution < 1.29 is 4.79 Å². The molecule has 3 nitrogen and oxygen atoms in total. The van der Waals surface area contributed by atoms with Gasteiger partial charge in [0.15, 0.2) is 0 Å². The molecule has 1 aliphatic carbocycles. The summed E-state index contributed by atoms with van der Waals surface area (Å²) in [5, 5.41) is 3.16. The molecule has 2 rings (SSSR count). The van der Waals surface area contributed by atoms with Crippen LogP contribution < -0.4 is 11.1 Å². The standard InChI is InChI=1S/C18H28N2O/c1-4-13-5-7-15(8-6-13)18(12(2)3)20-17(21)11-16(19)14-9-10-14/h5-8,12,14,16,18H,4,9-11,19H2,1-3H3,(H,20,21). The second-order valence-electron chi connectivity index (χ2n) is 6.59. The van der Waals surface area contributed by atoms with Crippen LogP contribution in [0.2, 0.25) is 0 Å². The van der Waals surface area contributed by atoms with Gasteiger partial charge in [-0.2, -0.15) is 0 Å². The largest absolute Gasteiger partial charge is 0.349 e. The summed E-state index contributed by atoms with van der Waals surface area (Å²) in [7, 11) is 0. The molecule has 0 saturated heterocycles. The van der Waals surface area contributed by atoms with Gasteiger partial charge in [-0.3, -0.25) is 4.79 Å². The highest BCUT2D eigenvalue weighted by Gasteiger charge is 2.30. The molecule has 116 valence electrons. The number of nitrogens with one attached hydrogen (secondary N) is 1. The Labute approximate surface area is 128 Å². The molecule has 1 aliphatic rings. The minimum Gasteiger partial charge on any atom is -0.349 e. The van der Waals surface area contributed by atoms with Crippen molar-refractivity contribution in [2.45, 2.75) is 58.5 Å². The average Bonchev–Trinajstić information content (AvgIpc) is 3.29. The van der Waals surface area contributed by atoms with Gasteiger partial charge in [0.25, 0.3) is 0 Å². The average molecular weight is 288 g/mol. The van der Waals surface area contributed by atoms with E-state index in [0.29, 0.717) is 18.3 Å². The Kier molecular flexibility index (Phi) is 5.40. The Balaban J connectivity index is 1.98. The highest BCUT2D eigenvalue weighted by molar-refractivity contribution is 5.77. The zero-order chi connectivity index (χ0) is 15.4. The Bertz CT molecular complexity index is 463. The van der Waals surface area contributed by atoms with Crippen molar-refractivity contribution in [1.29, 1.82) is 0 Å². The second kappa shape index (κ2) is 7.08. The summed E-state index contributed by atoms with van der Waals surface area (Å²) in [4.78, 5) is 12.2. The van der Waals surface area contributed by atoms with Gasteiger partial charge in [-0.25, -0.2) is 0 Å². The predicted octanol–water partition coefficient (Wildman–Crippen LogP) is 3.19. The maximum absolute atomic E-state index is 12.2. The van der Waals surface area contributed by atoms with Crippen LogP contribution in [0.15, 0.2) is 24.3 Å². The third kappa shape index (κ3) is 4.57. The zero-order valence-electron chi connectivity index (χ0n) is 13.4. The topological polar surface area (TPSA) is 55.1 Å². The summed E-state index contributed by atoms with van der Waals surface area (Å²) in [5.41, 5.74) is 8.55. The SMILES string of the molecule is CCc1ccc(C(NC(=O)CC(N)C2CC2)C(C)C)cc1. The maximum atomic E-state index is 12.2. The molecule has 0 spiro atoms. The van der Waals surface area contributed by atoms with Crippen LogP contribution in [0, 0.1) is 11.8 Å². The van der Waals surface area contributed by atoms with Crippen LogP contribution in [0.1, 0.15) is 57.2 Å². The number of hydrogen-bond donors (Lipinski definition) is 2. The maximum Gasteiger partial charge on any atom is 0.222 e. The van der Waals surface area contributed by atoms with Crippen molar-refractivity contribution in [3.63, 3.8) is 0 Å². The molecule has 1 fully saturated rings. The van der Waals surface area contributed by atoms with Crippen LogP contribution in [-0.2, 0) is 11.2 Å². The van der Waals surface area contributed by atoms with Crippen molar-refractivity contribution in [1.82, 2.24) is 5.32 Å². The first kappa shape index (κ1) is 16.0. The minimum atomic E-state index is 0.0280. The molecule has 0 heterocycles. The lowest BCUT2D eigenvalue weighted by Crippen LogP contribution is -2.36. The monoisotopic (exact) mass is 288 g/mol. The first-order valence-corrected chi connectivity index (χ1v) is 8.15. The molecule has 0 aromatic heterocycles. The van der Waals surface area contributed by atoms with E-state index >= 15 is 0 Å². The second-order valence-corrected chi connectivity index (χ2v) is 6.59. The third-order valence-corrected chi connectivity index (χ3v) is 4.38. The smallest absolute Gasteiger partial charge is 0.222 e. The number of benzene rings is 1. The first-order chi connectivity index (χ1) is 10.0. The molecule has 1 amide bonds. The normalized spacial score (nSPS) is 17.6. The minimum absolute atomic E-state index is 0.0280. The van der Waals surface area contributed by atoms with Gasteiger partial charge in [0.05, 0.1) is 6.04 Å². The fraction of sp³-hybridized carbons (Fsp3) is 0.611. The van der Waals surface area contributed by atoms with Crippen molar-refractivity contribution >= 4 is 5.91 Å². The highest BCUT2D eigenvalue weighted by atomic mass is 16.1. The van der Waals surface area contributed by atoms with Gasteiger partial charge in [0.1, 0.15) is 0 Å². The quantitative estimate of drug-likeness (QED) is 0.809. The van der Waals surface area contributed by atoms with Crippen LogP contribution in [0.3, 0.4) is 0 Å². The predicted molar refractivity (Wildman–Crippen MR) is 86.9 cm³/mol. The number of carbonyl (C=O) groups excluding carboxylic acids is 1. The summed E-state index contributed by atoms with van der Waals surface area (Å²) < 4.78 is 0. The van der Waals surface area contributed by atoms with Crippen LogP contribution in [0.25, 0.3) is 0 Å². The fourth-order valence-corrected chi connectivity index (χ4v) is 2.73. The Morgan fingerprint density at radius 3 is 2.38 bits per heavy atom. The van der Waals surface area contributed by atoms with Crippen LogP contribution in [0.5, 0.6) is 0 Å². The summed E-state index contributed by atoms with van der Waals surface area (Å²) in [6, 6.07) is 8.64. The van der Waals surface area contributed by atoms with E-state index in [4.69, 9.17) is 5.73 Å². The Morgan fingerprint density at radius 1 is 1.29 bits per heavy atom. The van der Waals surface area contributed by atoms with Gasteiger partial charge in [-0.05, 0) is 42.2 Å².